The highest BCUT2D eigenvalue weighted by Crippen LogP contribution is 2.12. The van der Waals surface area contributed by atoms with Crippen LogP contribution in [0, 0.1) is 0 Å². The number of amides is 1. The fourth-order valence-electron chi connectivity index (χ4n) is 1.91. The first-order valence-corrected chi connectivity index (χ1v) is 6.47. The fourth-order valence-corrected chi connectivity index (χ4v) is 1.91. The van der Waals surface area contributed by atoms with Crippen molar-refractivity contribution in [3.63, 3.8) is 0 Å². The molecule has 0 spiro atoms. The minimum atomic E-state index is -0.101. The van der Waals surface area contributed by atoms with Gasteiger partial charge >= 0.3 is 0 Å². The summed E-state index contributed by atoms with van der Waals surface area (Å²) < 4.78 is 0. The summed E-state index contributed by atoms with van der Waals surface area (Å²) in [6, 6.07) is 12.5. The molecule has 1 N–H and O–H groups in total. The van der Waals surface area contributed by atoms with Crippen LogP contribution in [-0.4, -0.2) is 10.9 Å². The van der Waals surface area contributed by atoms with Crippen LogP contribution in [0.1, 0.15) is 30.5 Å². The summed E-state index contributed by atoms with van der Waals surface area (Å²) in [4.78, 5) is 15.1. The summed E-state index contributed by atoms with van der Waals surface area (Å²) in [7, 11) is 0. The Labute approximate surface area is 113 Å². The zero-order valence-electron chi connectivity index (χ0n) is 11.3. The molecular formula is C16H18N2O. The number of hydrogen-bond donors (Lipinski definition) is 1. The van der Waals surface area contributed by atoms with Crippen molar-refractivity contribution in [1.29, 1.82) is 0 Å². The number of anilines is 1. The number of benzene rings is 1. The van der Waals surface area contributed by atoms with Crippen LogP contribution in [0.2, 0.25) is 0 Å². The van der Waals surface area contributed by atoms with Gasteiger partial charge in [-0.15, -0.1) is 0 Å². The van der Waals surface area contributed by atoms with E-state index in [-0.39, 0.29) is 5.91 Å². The van der Waals surface area contributed by atoms with E-state index in [0.29, 0.717) is 5.82 Å². The van der Waals surface area contributed by atoms with Gasteiger partial charge in [0.1, 0.15) is 5.82 Å². The van der Waals surface area contributed by atoms with Crippen molar-refractivity contribution in [3.8, 4) is 0 Å². The van der Waals surface area contributed by atoms with E-state index in [0.717, 1.165) is 18.4 Å². The third kappa shape index (κ3) is 3.91. The smallest absolute Gasteiger partial charge is 0.222 e. The molecule has 0 aliphatic carbocycles. The number of hydrogen-bond acceptors (Lipinski definition) is 2. The van der Waals surface area contributed by atoms with Crippen LogP contribution in [0.15, 0.2) is 42.6 Å². The van der Waals surface area contributed by atoms with Crippen molar-refractivity contribution in [3.05, 3.63) is 59.3 Å². The van der Waals surface area contributed by atoms with Gasteiger partial charge in [0, 0.05) is 13.1 Å². The lowest BCUT2D eigenvalue weighted by Gasteiger charge is -2.05. The normalized spacial score (nSPS) is 10.2. The average molecular weight is 254 g/mol. The van der Waals surface area contributed by atoms with Crippen molar-refractivity contribution in [2.24, 2.45) is 0 Å². The molecule has 2 aromatic rings. The Morgan fingerprint density at radius 3 is 2.21 bits per heavy atom. The Morgan fingerprint density at radius 2 is 1.68 bits per heavy atom. The molecule has 0 fully saturated rings. The van der Waals surface area contributed by atoms with Crippen molar-refractivity contribution >= 4 is 11.7 Å². The Morgan fingerprint density at radius 1 is 1.05 bits per heavy atom. The van der Waals surface area contributed by atoms with Gasteiger partial charge < -0.3 is 5.32 Å². The van der Waals surface area contributed by atoms with E-state index in [1.807, 2.05) is 12.1 Å². The highest BCUT2D eigenvalue weighted by atomic mass is 16.1. The van der Waals surface area contributed by atoms with E-state index in [1.165, 1.54) is 18.1 Å². The summed E-state index contributed by atoms with van der Waals surface area (Å²) in [5, 5.41) is 2.66. The van der Waals surface area contributed by atoms with Crippen LogP contribution in [0.4, 0.5) is 5.82 Å². The van der Waals surface area contributed by atoms with E-state index in [9.17, 15) is 4.79 Å². The van der Waals surface area contributed by atoms with E-state index in [2.05, 4.69) is 41.5 Å². The summed E-state index contributed by atoms with van der Waals surface area (Å²) in [5.41, 5.74) is 3.76. The second-order valence-electron chi connectivity index (χ2n) is 4.58. The molecule has 2 rings (SSSR count). The number of nitrogens with zero attached hydrogens (tertiary/aromatic N) is 1. The van der Waals surface area contributed by atoms with E-state index < -0.39 is 0 Å². The Balaban J connectivity index is 2.04. The molecule has 1 aromatic heterocycles. The van der Waals surface area contributed by atoms with Gasteiger partial charge in [-0.3, -0.25) is 4.79 Å². The number of nitrogens with one attached hydrogen (secondary N) is 1. The van der Waals surface area contributed by atoms with Crippen LogP contribution < -0.4 is 5.32 Å². The third-order valence-electron chi connectivity index (χ3n) is 2.97. The van der Waals surface area contributed by atoms with Crippen molar-refractivity contribution < 1.29 is 4.79 Å². The predicted molar refractivity (Wildman–Crippen MR) is 77.2 cm³/mol. The molecule has 0 aliphatic heterocycles. The van der Waals surface area contributed by atoms with Gasteiger partial charge in [0.2, 0.25) is 5.91 Å². The number of carbonyl (C=O) groups is 1. The molecule has 19 heavy (non-hydrogen) atoms. The maximum Gasteiger partial charge on any atom is 0.222 e. The fraction of sp³-hybridized carbons (Fsp3) is 0.250. The number of carbonyl (C=O) groups excluding carboxylic acids is 1. The van der Waals surface area contributed by atoms with Crippen LogP contribution in [-0.2, 0) is 17.6 Å². The van der Waals surface area contributed by atoms with E-state index >= 15 is 0 Å². The SMILES string of the molecule is CCc1ccc(Cc2ccc(NC(C)=O)nc2)cc1. The standard InChI is InChI=1S/C16H18N2O/c1-3-13-4-6-14(7-5-13)10-15-8-9-16(17-11-15)18-12(2)19/h4-9,11H,3,10H2,1-2H3,(H,17,18,19). The molecule has 98 valence electrons. The second-order valence-corrected chi connectivity index (χ2v) is 4.58. The first-order chi connectivity index (χ1) is 9.17. The molecule has 0 radical (unpaired) electrons. The van der Waals surface area contributed by atoms with Crippen molar-refractivity contribution in [2.75, 3.05) is 5.32 Å². The molecule has 0 unspecified atom stereocenters. The van der Waals surface area contributed by atoms with Gasteiger partial charge in [-0.1, -0.05) is 37.3 Å². The minimum absolute atomic E-state index is 0.101. The van der Waals surface area contributed by atoms with Gasteiger partial charge in [0.05, 0.1) is 0 Å². The Kier molecular flexibility index (Phi) is 4.29. The summed E-state index contributed by atoms with van der Waals surface area (Å²) in [6.07, 6.45) is 3.73. The lowest BCUT2D eigenvalue weighted by molar-refractivity contribution is -0.114. The molecule has 1 heterocycles. The zero-order chi connectivity index (χ0) is 13.7. The predicted octanol–water partition coefficient (Wildman–Crippen LogP) is 3.19. The molecule has 3 nitrogen and oxygen atoms in total. The van der Waals surface area contributed by atoms with Gasteiger partial charge in [-0.05, 0) is 35.6 Å². The third-order valence-corrected chi connectivity index (χ3v) is 2.97. The lowest BCUT2D eigenvalue weighted by atomic mass is 10.0. The molecule has 0 atom stereocenters. The van der Waals surface area contributed by atoms with Crippen molar-refractivity contribution in [2.45, 2.75) is 26.7 Å². The van der Waals surface area contributed by atoms with Crippen LogP contribution in [0.25, 0.3) is 0 Å². The number of rotatable bonds is 4. The van der Waals surface area contributed by atoms with Crippen molar-refractivity contribution in [1.82, 2.24) is 4.98 Å². The van der Waals surface area contributed by atoms with Gasteiger partial charge in [0.25, 0.3) is 0 Å². The summed E-state index contributed by atoms with van der Waals surface area (Å²) >= 11 is 0. The zero-order valence-corrected chi connectivity index (χ0v) is 11.3. The van der Waals surface area contributed by atoms with Gasteiger partial charge in [-0.2, -0.15) is 0 Å². The quantitative estimate of drug-likeness (QED) is 0.910. The second kappa shape index (κ2) is 6.14. The molecule has 0 bridgehead atoms. The molecule has 0 saturated heterocycles. The first kappa shape index (κ1) is 13.3. The maximum atomic E-state index is 10.9. The van der Waals surface area contributed by atoms with Crippen LogP contribution in [0.3, 0.4) is 0 Å². The highest BCUT2D eigenvalue weighted by molar-refractivity contribution is 5.87. The van der Waals surface area contributed by atoms with Gasteiger partial charge in [-0.25, -0.2) is 4.98 Å². The minimum Gasteiger partial charge on any atom is -0.311 e. The maximum absolute atomic E-state index is 10.9. The first-order valence-electron chi connectivity index (χ1n) is 6.47. The highest BCUT2D eigenvalue weighted by Gasteiger charge is 2.00. The molecule has 1 amide bonds. The molecule has 0 aliphatic rings. The average Bonchev–Trinajstić information content (AvgIpc) is 2.41. The summed E-state index contributed by atoms with van der Waals surface area (Å²) in [5.74, 6) is 0.494. The van der Waals surface area contributed by atoms with E-state index in [4.69, 9.17) is 0 Å². The Hall–Kier alpha value is -2.16. The molecule has 1 aromatic carbocycles. The Bertz CT molecular complexity index is 544. The van der Waals surface area contributed by atoms with E-state index in [1.54, 1.807) is 6.20 Å². The number of aromatic nitrogens is 1. The molecule has 3 heteroatoms. The molecular weight excluding hydrogens is 236 g/mol. The van der Waals surface area contributed by atoms with Gasteiger partial charge in [0.15, 0.2) is 0 Å². The number of pyridine rings is 1. The monoisotopic (exact) mass is 254 g/mol. The number of aryl methyl sites for hydroxylation is 1. The van der Waals surface area contributed by atoms with Crippen LogP contribution in [0.5, 0.6) is 0 Å². The van der Waals surface area contributed by atoms with Crippen LogP contribution >= 0.6 is 0 Å². The topological polar surface area (TPSA) is 42.0 Å². The largest absolute Gasteiger partial charge is 0.311 e. The summed E-state index contributed by atoms with van der Waals surface area (Å²) in [6.45, 7) is 3.63. The lowest BCUT2D eigenvalue weighted by Crippen LogP contribution is -2.07. The molecule has 0 saturated carbocycles.